The maximum atomic E-state index is 12.9. The van der Waals surface area contributed by atoms with E-state index in [1.807, 2.05) is 35.2 Å². The second-order valence-corrected chi connectivity index (χ2v) is 8.33. The Kier molecular flexibility index (Phi) is 5.50. The number of rotatable bonds is 6. The zero-order chi connectivity index (χ0) is 21.1. The molecule has 1 saturated heterocycles. The summed E-state index contributed by atoms with van der Waals surface area (Å²) in [7, 11) is -3.87. The topological polar surface area (TPSA) is 124 Å². The van der Waals surface area contributed by atoms with Gasteiger partial charge in [-0.05, 0) is 41.6 Å². The second-order valence-electron chi connectivity index (χ2n) is 6.46. The highest BCUT2D eigenvalue weighted by Crippen LogP contribution is 2.23. The largest absolute Gasteiger partial charge is 0.460 e. The van der Waals surface area contributed by atoms with Crippen LogP contribution < -0.4 is 4.90 Å². The molecule has 0 aliphatic carbocycles. The Labute approximate surface area is 172 Å². The summed E-state index contributed by atoms with van der Waals surface area (Å²) in [6, 6.07) is 12.0. The highest BCUT2D eigenvalue weighted by Gasteiger charge is 2.33. The van der Waals surface area contributed by atoms with E-state index in [4.69, 9.17) is 9.15 Å². The molecule has 0 atom stereocenters. The van der Waals surface area contributed by atoms with Crippen molar-refractivity contribution in [1.29, 1.82) is 0 Å². The van der Waals surface area contributed by atoms with E-state index < -0.39 is 16.0 Å². The molecule has 0 saturated carbocycles. The average molecular weight is 432 g/mol. The molecule has 4 rings (SSSR count). The molecular formula is C18H20N6O5S. The number of aromatic nitrogens is 4. The summed E-state index contributed by atoms with van der Waals surface area (Å²) in [6.45, 7) is 3.08. The maximum Gasteiger partial charge on any atom is 0.374 e. The molecule has 3 heterocycles. The Morgan fingerprint density at radius 2 is 1.83 bits per heavy atom. The zero-order valence-electron chi connectivity index (χ0n) is 16.2. The van der Waals surface area contributed by atoms with Crippen molar-refractivity contribution in [3.8, 4) is 5.69 Å². The molecule has 12 heteroatoms. The minimum absolute atomic E-state index is 0.143. The van der Waals surface area contributed by atoms with Crippen LogP contribution in [0.1, 0.15) is 17.5 Å². The molecule has 30 heavy (non-hydrogen) atoms. The van der Waals surface area contributed by atoms with Gasteiger partial charge in [-0.3, -0.25) is 0 Å². The molecular weight excluding hydrogens is 412 g/mol. The second kappa shape index (κ2) is 8.24. The minimum atomic E-state index is -3.87. The van der Waals surface area contributed by atoms with Gasteiger partial charge in [0.25, 0.3) is 10.0 Å². The first kappa shape index (κ1) is 20.0. The van der Waals surface area contributed by atoms with E-state index in [0.29, 0.717) is 19.0 Å². The number of ether oxygens (including phenoxy) is 1. The van der Waals surface area contributed by atoms with Crippen molar-refractivity contribution < 1.29 is 22.4 Å². The lowest BCUT2D eigenvalue weighted by Gasteiger charge is -2.33. The Bertz CT molecular complexity index is 1120. The van der Waals surface area contributed by atoms with Gasteiger partial charge < -0.3 is 14.1 Å². The number of para-hydroxylation sites is 1. The van der Waals surface area contributed by atoms with Gasteiger partial charge in [0.2, 0.25) is 16.8 Å². The highest BCUT2D eigenvalue weighted by atomic mass is 32.2. The molecule has 0 radical (unpaired) electrons. The van der Waals surface area contributed by atoms with Crippen molar-refractivity contribution >= 4 is 21.9 Å². The van der Waals surface area contributed by atoms with E-state index >= 15 is 0 Å². The first-order chi connectivity index (χ1) is 14.5. The fraction of sp³-hybridized carbons (Fsp3) is 0.333. The third-order valence-corrected chi connectivity index (χ3v) is 6.40. The van der Waals surface area contributed by atoms with E-state index in [-0.39, 0.29) is 30.5 Å². The summed E-state index contributed by atoms with van der Waals surface area (Å²) in [6.07, 6.45) is 0. The SMILES string of the molecule is CCOC(=O)c1ccc(S(=O)(=O)N2CCN(c3nnnn3-c3ccccc3)CC2)o1. The molecule has 0 amide bonds. The van der Waals surface area contributed by atoms with Crippen LogP contribution in [0.2, 0.25) is 0 Å². The number of carbonyl (C=O) groups is 1. The predicted molar refractivity (Wildman–Crippen MR) is 105 cm³/mol. The number of anilines is 1. The van der Waals surface area contributed by atoms with Gasteiger partial charge in [0, 0.05) is 26.2 Å². The normalized spacial score (nSPS) is 15.3. The van der Waals surface area contributed by atoms with Crippen molar-refractivity contribution in [2.24, 2.45) is 0 Å². The lowest BCUT2D eigenvalue weighted by atomic mass is 10.3. The van der Waals surface area contributed by atoms with E-state index in [2.05, 4.69) is 15.5 Å². The van der Waals surface area contributed by atoms with Crippen LogP contribution in [0, 0.1) is 0 Å². The first-order valence-corrected chi connectivity index (χ1v) is 10.8. The Hall–Kier alpha value is -3.25. The lowest BCUT2D eigenvalue weighted by Crippen LogP contribution is -2.49. The van der Waals surface area contributed by atoms with Crippen molar-refractivity contribution in [3.63, 3.8) is 0 Å². The van der Waals surface area contributed by atoms with Crippen LogP contribution in [-0.4, -0.2) is 71.7 Å². The molecule has 0 spiro atoms. The van der Waals surface area contributed by atoms with Gasteiger partial charge in [0.1, 0.15) is 0 Å². The maximum absolute atomic E-state index is 12.9. The number of nitrogens with zero attached hydrogens (tertiary/aromatic N) is 6. The first-order valence-electron chi connectivity index (χ1n) is 9.36. The summed E-state index contributed by atoms with van der Waals surface area (Å²) < 4.78 is 38.8. The summed E-state index contributed by atoms with van der Waals surface area (Å²) in [4.78, 5) is 13.7. The molecule has 1 aliphatic rings. The Balaban J connectivity index is 1.46. The lowest BCUT2D eigenvalue weighted by molar-refractivity contribution is 0.0483. The minimum Gasteiger partial charge on any atom is -0.460 e. The third kappa shape index (κ3) is 3.78. The van der Waals surface area contributed by atoms with Crippen LogP contribution in [0.3, 0.4) is 0 Å². The molecule has 0 bridgehead atoms. The van der Waals surface area contributed by atoms with Gasteiger partial charge >= 0.3 is 5.97 Å². The summed E-state index contributed by atoms with van der Waals surface area (Å²) in [5.74, 6) is -0.298. The molecule has 1 aliphatic heterocycles. The van der Waals surface area contributed by atoms with Crippen LogP contribution in [0.4, 0.5) is 5.95 Å². The average Bonchev–Trinajstić information content (AvgIpc) is 3.45. The van der Waals surface area contributed by atoms with E-state index in [1.165, 1.54) is 16.4 Å². The fourth-order valence-electron chi connectivity index (χ4n) is 3.14. The Morgan fingerprint density at radius 1 is 1.10 bits per heavy atom. The quantitative estimate of drug-likeness (QED) is 0.523. The number of carbonyl (C=O) groups excluding carboxylic acids is 1. The van der Waals surface area contributed by atoms with Gasteiger partial charge in [-0.25, -0.2) is 13.2 Å². The van der Waals surface area contributed by atoms with Crippen LogP contribution in [0.15, 0.2) is 52.0 Å². The van der Waals surface area contributed by atoms with Gasteiger partial charge in [0.05, 0.1) is 12.3 Å². The van der Waals surface area contributed by atoms with Crippen LogP contribution in [0.5, 0.6) is 0 Å². The number of sulfonamides is 1. The van der Waals surface area contributed by atoms with Crippen molar-refractivity contribution in [3.05, 3.63) is 48.2 Å². The molecule has 2 aromatic heterocycles. The van der Waals surface area contributed by atoms with Gasteiger partial charge in [-0.1, -0.05) is 23.3 Å². The monoisotopic (exact) mass is 432 g/mol. The number of piperazine rings is 1. The molecule has 11 nitrogen and oxygen atoms in total. The predicted octanol–water partition coefficient (Wildman–Crippen LogP) is 0.943. The summed E-state index contributed by atoms with van der Waals surface area (Å²) in [5.41, 5.74) is 0.814. The fourth-order valence-corrected chi connectivity index (χ4v) is 4.48. The number of tetrazole rings is 1. The zero-order valence-corrected chi connectivity index (χ0v) is 17.0. The Morgan fingerprint density at radius 3 is 2.53 bits per heavy atom. The summed E-state index contributed by atoms with van der Waals surface area (Å²) in [5, 5.41) is 11.6. The molecule has 0 unspecified atom stereocenters. The van der Waals surface area contributed by atoms with Crippen molar-refractivity contribution in [1.82, 2.24) is 24.5 Å². The third-order valence-electron chi connectivity index (χ3n) is 4.63. The van der Waals surface area contributed by atoms with Gasteiger partial charge in [0.15, 0.2) is 0 Å². The number of benzene rings is 1. The number of hydrogen-bond donors (Lipinski definition) is 0. The van der Waals surface area contributed by atoms with Crippen LogP contribution >= 0.6 is 0 Å². The standard InChI is InChI=1S/C18H20N6O5S/c1-2-28-17(25)15-8-9-16(29-15)30(26,27)23-12-10-22(11-13-23)18-19-20-21-24(18)14-6-4-3-5-7-14/h3-9H,2,10-13H2,1H3. The molecule has 1 aromatic carbocycles. The molecule has 1 fully saturated rings. The van der Waals surface area contributed by atoms with Crippen molar-refractivity contribution in [2.45, 2.75) is 12.0 Å². The summed E-state index contributed by atoms with van der Waals surface area (Å²) >= 11 is 0. The van der Waals surface area contributed by atoms with Crippen molar-refractivity contribution in [2.75, 3.05) is 37.7 Å². The smallest absolute Gasteiger partial charge is 0.374 e. The van der Waals surface area contributed by atoms with E-state index in [1.54, 1.807) is 11.6 Å². The number of hydrogen-bond acceptors (Lipinski definition) is 9. The van der Waals surface area contributed by atoms with E-state index in [9.17, 15) is 13.2 Å². The highest BCUT2D eigenvalue weighted by molar-refractivity contribution is 7.89. The van der Waals surface area contributed by atoms with Gasteiger partial charge in [-0.2, -0.15) is 8.99 Å². The van der Waals surface area contributed by atoms with Crippen LogP contribution in [0.25, 0.3) is 5.69 Å². The van der Waals surface area contributed by atoms with Crippen LogP contribution in [-0.2, 0) is 14.8 Å². The van der Waals surface area contributed by atoms with Gasteiger partial charge in [-0.15, -0.1) is 0 Å². The molecule has 3 aromatic rings. The number of furan rings is 1. The number of esters is 1. The molecule has 158 valence electrons. The van der Waals surface area contributed by atoms with E-state index in [0.717, 1.165) is 5.69 Å². The molecule has 0 N–H and O–H groups in total.